The monoisotopic (exact) mass is 717 g/mol. The molecule has 0 N–H and O–H groups in total. The lowest BCUT2D eigenvalue weighted by molar-refractivity contribution is 0.981. The summed E-state index contributed by atoms with van der Waals surface area (Å²) in [5.41, 5.74) is 12.4. The number of para-hydroxylation sites is 1. The predicted molar refractivity (Wildman–Crippen MR) is 236 cm³/mol. The van der Waals surface area contributed by atoms with E-state index in [-0.39, 0.29) is 5.92 Å². The Bertz CT molecular complexity index is 3170. The molecule has 0 bridgehead atoms. The van der Waals surface area contributed by atoms with E-state index in [0.29, 0.717) is 0 Å². The molecule has 2 aromatic heterocycles. The standard InChI is InChI=1S/C53H35NS/c1-2-10-35(11-3-1)36-18-22-39(23-19-36)53(43-28-31-47-46-15-7-9-17-51(46)55-52(47)34-43)40-24-20-37(21-25-40)38-26-29-44(30-27-38)54-49-16-8-6-14-45(49)48-32-41-12-4-5-13-42(41)33-50(48)54/h1-34,53H. The molecule has 11 aromatic rings. The molecule has 0 fully saturated rings. The number of hydrogen-bond donors (Lipinski definition) is 0. The smallest absolute Gasteiger partial charge is 0.0547 e. The lowest BCUT2D eigenvalue weighted by Gasteiger charge is -2.20. The maximum atomic E-state index is 2.42. The molecule has 0 radical (unpaired) electrons. The van der Waals surface area contributed by atoms with Gasteiger partial charge in [-0.1, -0.05) is 164 Å². The zero-order valence-electron chi connectivity index (χ0n) is 30.1. The SMILES string of the molecule is c1ccc(-c2ccc(C(c3ccc(-c4ccc(-n5c6ccccc6c6cc7ccccc7cc65)cc4)cc3)c3ccc4c(c3)sc3ccccc34)cc2)cc1. The van der Waals surface area contributed by atoms with E-state index >= 15 is 0 Å². The molecule has 55 heavy (non-hydrogen) atoms. The fourth-order valence-corrected chi connectivity index (χ4v) is 9.76. The Labute approximate surface area is 324 Å². The minimum Gasteiger partial charge on any atom is -0.309 e. The van der Waals surface area contributed by atoms with Gasteiger partial charge in [-0.25, -0.2) is 0 Å². The van der Waals surface area contributed by atoms with Crippen LogP contribution in [-0.4, -0.2) is 4.57 Å². The van der Waals surface area contributed by atoms with Crippen molar-refractivity contribution in [3.8, 4) is 27.9 Å². The first-order chi connectivity index (χ1) is 27.2. The second-order valence-electron chi connectivity index (χ2n) is 14.5. The van der Waals surface area contributed by atoms with Gasteiger partial charge < -0.3 is 4.57 Å². The summed E-state index contributed by atoms with van der Waals surface area (Å²) in [6.07, 6.45) is 0. The van der Waals surface area contributed by atoms with Gasteiger partial charge in [-0.05, 0) is 92.2 Å². The quantitative estimate of drug-likeness (QED) is 0.151. The number of thiophene rings is 1. The predicted octanol–water partition coefficient (Wildman–Crippen LogP) is 14.8. The molecule has 1 atom stereocenters. The minimum absolute atomic E-state index is 0.0993. The number of nitrogens with zero attached hydrogens (tertiary/aromatic N) is 1. The molecule has 0 aliphatic rings. The maximum Gasteiger partial charge on any atom is 0.0547 e. The lowest BCUT2D eigenvalue weighted by Crippen LogP contribution is -2.03. The van der Waals surface area contributed by atoms with Gasteiger partial charge in [-0.2, -0.15) is 0 Å². The van der Waals surface area contributed by atoms with Crippen molar-refractivity contribution in [2.75, 3.05) is 0 Å². The zero-order valence-corrected chi connectivity index (χ0v) is 30.9. The van der Waals surface area contributed by atoms with Gasteiger partial charge in [-0.15, -0.1) is 11.3 Å². The Hall–Kier alpha value is -6.74. The third-order valence-electron chi connectivity index (χ3n) is 11.3. The van der Waals surface area contributed by atoms with Crippen LogP contribution in [0.4, 0.5) is 0 Å². The highest BCUT2D eigenvalue weighted by atomic mass is 32.1. The summed E-state index contributed by atoms with van der Waals surface area (Å²) in [5.74, 6) is 0.0993. The molecule has 0 saturated heterocycles. The molecule has 0 aliphatic heterocycles. The van der Waals surface area contributed by atoms with Gasteiger partial charge in [0.25, 0.3) is 0 Å². The molecule has 1 unspecified atom stereocenters. The summed E-state index contributed by atoms with van der Waals surface area (Å²) in [5, 5.41) is 7.74. The molecule has 258 valence electrons. The molecular weight excluding hydrogens is 683 g/mol. The van der Waals surface area contributed by atoms with Crippen LogP contribution in [0.2, 0.25) is 0 Å². The van der Waals surface area contributed by atoms with Gasteiger partial charge in [-0.3, -0.25) is 0 Å². The molecule has 0 spiro atoms. The highest BCUT2D eigenvalue weighted by molar-refractivity contribution is 7.25. The summed E-state index contributed by atoms with van der Waals surface area (Å²) >= 11 is 1.88. The van der Waals surface area contributed by atoms with Crippen molar-refractivity contribution in [1.82, 2.24) is 4.57 Å². The molecule has 2 heteroatoms. The Morgan fingerprint density at radius 1 is 0.327 bits per heavy atom. The topological polar surface area (TPSA) is 4.93 Å². The summed E-state index contributed by atoms with van der Waals surface area (Å²) in [4.78, 5) is 0. The van der Waals surface area contributed by atoms with E-state index in [1.54, 1.807) is 0 Å². The molecule has 9 aromatic carbocycles. The molecule has 0 amide bonds. The highest BCUT2D eigenvalue weighted by Crippen LogP contribution is 2.40. The van der Waals surface area contributed by atoms with Crippen LogP contribution < -0.4 is 0 Å². The zero-order chi connectivity index (χ0) is 36.3. The van der Waals surface area contributed by atoms with Crippen LogP contribution in [0.25, 0.3) is 80.7 Å². The fraction of sp³-hybridized carbons (Fsp3) is 0.0189. The first-order valence-electron chi connectivity index (χ1n) is 18.9. The summed E-state index contributed by atoms with van der Waals surface area (Å²) in [7, 11) is 0. The number of aromatic nitrogens is 1. The summed E-state index contributed by atoms with van der Waals surface area (Å²) in [6.45, 7) is 0. The summed E-state index contributed by atoms with van der Waals surface area (Å²) in [6, 6.07) is 76.0. The largest absolute Gasteiger partial charge is 0.309 e. The van der Waals surface area contributed by atoms with E-state index in [1.165, 1.54) is 91.7 Å². The van der Waals surface area contributed by atoms with Gasteiger partial charge in [0.15, 0.2) is 0 Å². The second-order valence-corrected chi connectivity index (χ2v) is 15.6. The second kappa shape index (κ2) is 13.0. The van der Waals surface area contributed by atoms with Gasteiger partial charge in [0, 0.05) is 42.6 Å². The molecule has 1 nitrogen and oxygen atoms in total. The van der Waals surface area contributed by atoms with E-state index in [4.69, 9.17) is 0 Å². The number of rotatable bonds is 6. The Kier molecular flexibility index (Phi) is 7.50. The van der Waals surface area contributed by atoms with Crippen molar-refractivity contribution >= 4 is 64.1 Å². The van der Waals surface area contributed by atoms with Crippen LogP contribution in [0.15, 0.2) is 206 Å². The Balaban J connectivity index is 0.968. The van der Waals surface area contributed by atoms with E-state index < -0.39 is 0 Å². The summed E-state index contributed by atoms with van der Waals surface area (Å²) < 4.78 is 5.07. The first kappa shape index (κ1) is 31.8. The van der Waals surface area contributed by atoms with Crippen LogP contribution in [0.3, 0.4) is 0 Å². The average Bonchev–Trinajstić information content (AvgIpc) is 3.79. The number of fused-ring (bicyclic) bond motifs is 7. The Morgan fingerprint density at radius 3 is 1.56 bits per heavy atom. The van der Waals surface area contributed by atoms with Gasteiger partial charge in [0.1, 0.15) is 0 Å². The van der Waals surface area contributed by atoms with Crippen LogP contribution in [-0.2, 0) is 0 Å². The number of hydrogen-bond acceptors (Lipinski definition) is 1. The van der Waals surface area contributed by atoms with Crippen molar-refractivity contribution in [3.05, 3.63) is 223 Å². The van der Waals surface area contributed by atoms with E-state index in [0.717, 1.165) is 5.69 Å². The van der Waals surface area contributed by atoms with Crippen molar-refractivity contribution in [3.63, 3.8) is 0 Å². The first-order valence-corrected chi connectivity index (χ1v) is 19.8. The van der Waals surface area contributed by atoms with Crippen molar-refractivity contribution in [2.45, 2.75) is 5.92 Å². The third kappa shape index (κ3) is 5.45. The molecular formula is C53H35NS. The van der Waals surface area contributed by atoms with Gasteiger partial charge in [0.2, 0.25) is 0 Å². The van der Waals surface area contributed by atoms with Gasteiger partial charge >= 0.3 is 0 Å². The van der Waals surface area contributed by atoms with Crippen LogP contribution in [0.5, 0.6) is 0 Å². The lowest BCUT2D eigenvalue weighted by atomic mass is 9.83. The fourth-order valence-electron chi connectivity index (χ4n) is 8.60. The van der Waals surface area contributed by atoms with Crippen LogP contribution >= 0.6 is 11.3 Å². The number of benzene rings is 9. The minimum atomic E-state index is 0.0993. The molecule has 11 rings (SSSR count). The normalized spacial score (nSPS) is 12.3. The molecule has 2 heterocycles. The van der Waals surface area contributed by atoms with Gasteiger partial charge in [0.05, 0.1) is 11.0 Å². The Morgan fingerprint density at radius 2 is 0.855 bits per heavy atom. The van der Waals surface area contributed by atoms with Crippen LogP contribution in [0.1, 0.15) is 22.6 Å². The van der Waals surface area contributed by atoms with E-state index in [1.807, 2.05) is 11.3 Å². The average molecular weight is 718 g/mol. The highest BCUT2D eigenvalue weighted by Gasteiger charge is 2.19. The van der Waals surface area contributed by atoms with E-state index in [9.17, 15) is 0 Å². The van der Waals surface area contributed by atoms with Crippen molar-refractivity contribution in [1.29, 1.82) is 0 Å². The maximum absolute atomic E-state index is 2.42. The molecule has 0 aliphatic carbocycles. The van der Waals surface area contributed by atoms with Crippen molar-refractivity contribution < 1.29 is 0 Å². The van der Waals surface area contributed by atoms with E-state index in [2.05, 4.69) is 211 Å². The molecule has 0 saturated carbocycles. The van der Waals surface area contributed by atoms with Crippen LogP contribution in [0, 0.1) is 0 Å². The third-order valence-corrected chi connectivity index (χ3v) is 12.5. The van der Waals surface area contributed by atoms with Crippen molar-refractivity contribution in [2.24, 2.45) is 0 Å².